The van der Waals surface area contributed by atoms with E-state index in [1.165, 1.54) is 0 Å². The van der Waals surface area contributed by atoms with E-state index in [2.05, 4.69) is 13.8 Å². The first-order chi connectivity index (χ1) is 6.79. The van der Waals surface area contributed by atoms with Crippen LogP contribution in [-0.2, 0) is 21.7 Å². The first-order valence-electron chi connectivity index (χ1n) is 4.53. The van der Waals surface area contributed by atoms with Crippen LogP contribution in [0.5, 0.6) is 0 Å². The SMILES string of the molecule is [CH2-]c1ccccc1.[CH2-]c1ccccc1.[Cl-].[Ti+2]. The molecule has 0 spiro atoms. The largest absolute Gasteiger partial charge is 2.00 e. The summed E-state index contributed by atoms with van der Waals surface area (Å²) < 4.78 is 0. The molecule has 16 heavy (non-hydrogen) atoms. The predicted octanol–water partition coefficient (Wildman–Crippen LogP) is 0.739. The van der Waals surface area contributed by atoms with Gasteiger partial charge in [-0.3, -0.25) is 0 Å². The van der Waals surface area contributed by atoms with Crippen LogP contribution in [0.4, 0.5) is 0 Å². The molecule has 0 fully saturated rings. The summed E-state index contributed by atoms with van der Waals surface area (Å²) in [4.78, 5) is 0. The summed E-state index contributed by atoms with van der Waals surface area (Å²) in [5.74, 6) is 0. The predicted molar refractivity (Wildman–Crippen MR) is 61.8 cm³/mol. The van der Waals surface area contributed by atoms with Crippen molar-refractivity contribution in [3.8, 4) is 0 Å². The van der Waals surface area contributed by atoms with Crippen LogP contribution in [0, 0.1) is 13.8 Å². The van der Waals surface area contributed by atoms with Crippen LogP contribution >= 0.6 is 0 Å². The van der Waals surface area contributed by atoms with Crippen LogP contribution < -0.4 is 12.4 Å². The van der Waals surface area contributed by atoms with Gasteiger partial charge < -0.3 is 12.4 Å². The summed E-state index contributed by atoms with van der Waals surface area (Å²) in [6, 6.07) is 19.7. The van der Waals surface area contributed by atoms with Crippen LogP contribution in [0.3, 0.4) is 0 Å². The summed E-state index contributed by atoms with van der Waals surface area (Å²) in [5, 5.41) is 0. The minimum Gasteiger partial charge on any atom is -1.00 e. The molecular weight excluding hydrogens is 251 g/mol. The van der Waals surface area contributed by atoms with Gasteiger partial charge in [0.1, 0.15) is 0 Å². The van der Waals surface area contributed by atoms with E-state index < -0.39 is 0 Å². The Morgan fingerprint density at radius 3 is 0.938 bits per heavy atom. The fraction of sp³-hybridized carbons (Fsp3) is 0. The first-order valence-corrected chi connectivity index (χ1v) is 4.53. The van der Waals surface area contributed by atoms with Crippen LogP contribution in [0.1, 0.15) is 11.1 Å². The molecule has 2 aromatic carbocycles. The summed E-state index contributed by atoms with van der Waals surface area (Å²) in [6.45, 7) is 7.44. The first kappa shape index (κ1) is 17.6. The van der Waals surface area contributed by atoms with Crippen molar-refractivity contribution in [3.63, 3.8) is 0 Å². The average molecular weight is 266 g/mol. The molecule has 0 amide bonds. The molecule has 0 heterocycles. The Kier molecular flexibility index (Phi) is 11.7. The Balaban J connectivity index is 0. The number of hydrogen-bond donors (Lipinski definition) is 0. The van der Waals surface area contributed by atoms with E-state index >= 15 is 0 Å². The van der Waals surface area contributed by atoms with Gasteiger partial charge in [-0.1, -0.05) is 12.1 Å². The van der Waals surface area contributed by atoms with Gasteiger partial charge in [-0.2, -0.15) is 49.2 Å². The van der Waals surface area contributed by atoms with Gasteiger partial charge in [0.25, 0.3) is 0 Å². The maximum Gasteiger partial charge on any atom is 2.00 e. The van der Waals surface area contributed by atoms with Crippen molar-refractivity contribution in [3.05, 3.63) is 85.6 Å². The Hall–Kier alpha value is -0.816. The standard InChI is InChI=1S/2C7H7.ClH.Ti/c2*1-7-5-3-2-4-6-7;;/h2*2-6H,1H2;1H;/q2*-1;;+2/p-1. The summed E-state index contributed by atoms with van der Waals surface area (Å²) >= 11 is 0. The molecule has 0 aliphatic heterocycles. The van der Waals surface area contributed by atoms with Crippen molar-refractivity contribution in [2.24, 2.45) is 0 Å². The average Bonchev–Trinajstić information content (AvgIpc) is 2.21. The normalized spacial score (nSPS) is 7.50. The van der Waals surface area contributed by atoms with Crippen molar-refractivity contribution in [1.29, 1.82) is 0 Å². The third-order valence-corrected chi connectivity index (χ3v) is 1.69. The van der Waals surface area contributed by atoms with E-state index in [0.29, 0.717) is 0 Å². The van der Waals surface area contributed by atoms with E-state index in [0.717, 1.165) is 11.1 Å². The topological polar surface area (TPSA) is 0 Å². The van der Waals surface area contributed by atoms with E-state index in [-0.39, 0.29) is 34.1 Å². The second-order valence-electron chi connectivity index (χ2n) is 2.97. The van der Waals surface area contributed by atoms with Crippen molar-refractivity contribution in [2.45, 2.75) is 0 Å². The maximum atomic E-state index is 3.72. The number of halogens is 1. The molecular formula is C14H14ClTi-. The van der Waals surface area contributed by atoms with Gasteiger partial charge in [0.05, 0.1) is 0 Å². The molecule has 0 aliphatic carbocycles. The zero-order chi connectivity index (χ0) is 10.2. The molecule has 0 atom stereocenters. The Labute approximate surface area is 119 Å². The Morgan fingerprint density at radius 1 is 0.562 bits per heavy atom. The molecule has 0 radical (unpaired) electrons. The van der Waals surface area contributed by atoms with E-state index in [4.69, 9.17) is 0 Å². The number of rotatable bonds is 0. The van der Waals surface area contributed by atoms with Gasteiger partial charge in [-0.25, -0.2) is 0 Å². The van der Waals surface area contributed by atoms with Gasteiger partial charge in [-0.15, -0.1) is 24.3 Å². The van der Waals surface area contributed by atoms with E-state index in [9.17, 15) is 0 Å². The number of benzene rings is 2. The molecule has 0 nitrogen and oxygen atoms in total. The zero-order valence-electron chi connectivity index (χ0n) is 9.07. The monoisotopic (exact) mass is 265 g/mol. The summed E-state index contributed by atoms with van der Waals surface area (Å²) in [7, 11) is 0. The van der Waals surface area contributed by atoms with Gasteiger partial charge in [-0.05, 0) is 0 Å². The van der Waals surface area contributed by atoms with Crippen molar-refractivity contribution < 1.29 is 34.1 Å². The van der Waals surface area contributed by atoms with Gasteiger partial charge in [0.2, 0.25) is 0 Å². The maximum absolute atomic E-state index is 3.72. The summed E-state index contributed by atoms with van der Waals surface area (Å²) in [6.07, 6.45) is 0. The molecule has 0 saturated heterocycles. The molecule has 0 unspecified atom stereocenters. The second kappa shape index (κ2) is 10.7. The summed E-state index contributed by atoms with van der Waals surface area (Å²) in [5.41, 5.74) is 2.14. The van der Waals surface area contributed by atoms with Crippen molar-refractivity contribution >= 4 is 0 Å². The molecule has 2 rings (SSSR count). The van der Waals surface area contributed by atoms with Crippen molar-refractivity contribution in [1.82, 2.24) is 0 Å². The molecule has 2 aromatic rings. The van der Waals surface area contributed by atoms with Crippen LogP contribution in [-0.4, -0.2) is 0 Å². The molecule has 0 saturated carbocycles. The number of hydrogen-bond acceptors (Lipinski definition) is 0. The zero-order valence-corrected chi connectivity index (χ0v) is 11.4. The Morgan fingerprint density at radius 2 is 0.812 bits per heavy atom. The second-order valence-corrected chi connectivity index (χ2v) is 2.97. The smallest absolute Gasteiger partial charge is 1.00 e. The third-order valence-electron chi connectivity index (χ3n) is 1.69. The third kappa shape index (κ3) is 8.49. The molecule has 0 aliphatic rings. The fourth-order valence-corrected chi connectivity index (χ4v) is 0.956. The van der Waals surface area contributed by atoms with E-state index in [1.54, 1.807) is 0 Å². The van der Waals surface area contributed by atoms with Gasteiger partial charge in [0.15, 0.2) is 0 Å². The van der Waals surface area contributed by atoms with Gasteiger partial charge in [0, 0.05) is 0 Å². The van der Waals surface area contributed by atoms with Crippen LogP contribution in [0.15, 0.2) is 60.7 Å². The Bertz CT molecular complexity index is 308. The molecule has 0 aromatic heterocycles. The molecule has 2 heteroatoms. The fourth-order valence-electron chi connectivity index (χ4n) is 0.956. The quantitative estimate of drug-likeness (QED) is 0.487. The minimum atomic E-state index is 0. The molecule has 0 bridgehead atoms. The van der Waals surface area contributed by atoms with Crippen LogP contribution in [0.2, 0.25) is 0 Å². The van der Waals surface area contributed by atoms with Gasteiger partial charge >= 0.3 is 21.7 Å². The minimum absolute atomic E-state index is 0. The molecule has 0 N–H and O–H groups in total. The molecule has 82 valence electrons. The van der Waals surface area contributed by atoms with Crippen LogP contribution in [0.25, 0.3) is 0 Å². The van der Waals surface area contributed by atoms with E-state index in [1.807, 2.05) is 60.7 Å². The van der Waals surface area contributed by atoms with Crippen molar-refractivity contribution in [2.75, 3.05) is 0 Å².